The highest BCUT2D eigenvalue weighted by Gasteiger charge is 2.22. The fourth-order valence-corrected chi connectivity index (χ4v) is 4.35. The van der Waals surface area contributed by atoms with Gasteiger partial charge < -0.3 is 29.8 Å². The number of carbonyl (C=O) groups excluding carboxylic acids is 1. The van der Waals surface area contributed by atoms with E-state index in [-0.39, 0.29) is 12.5 Å². The Hall–Kier alpha value is -3.55. The first-order valence-corrected chi connectivity index (χ1v) is 11.0. The molecule has 4 N–H and O–H groups in total. The quantitative estimate of drug-likeness (QED) is 0.178. The van der Waals surface area contributed by atoms with Crippen LogP contribution in [0.1, 0.15) is 30.9 Å². The Morgan fingerprint density at radius 1 is 1.09 bits per heavy atom. The second-order valence-corrected chi connectivity index (χ2v) is 7.96. The smallest absolute Gasteiger partial charge is 0.254 e. The lowest BCUT2D eigenvalue weighted by Crippen LogP contribution is -2.25. The number of aromatic amines is 1. The highest BCUT2D eigenvalue weighted by atomic mass is 16.5. The van der Waals surface area contributed by atoms with Gasteiger partial charge in [-0.1, -0.05) is 18.2 Å². The summed E-state index contributed by atoms with van der Waals surface area (Å²) >= 11 is 0. The zero-order valence-electron chi connectivity index (χ0n) is 18.9. The predicted molar refractivity (Wildman–Crippen MR) is 131 cm³/mol. The molecule has 2 aromatic carbocycles. The van der Waals surface area contributed by atoms with Crippen LogP contribution in [0.15, 0.2) is 54.9 Å². The Balaban J connectivity index is 1.95. The molecule has 172 valence electrons. The molecule has 0 unspecified atom stereocenters. The summed E-state index contributed by atoms with van der Waals surface area (Å²) in [5.41, 5.74) is 4.95. The topological polar surface area (TPSA) is 99.5 Å². The van der Waals surface area contributed by atoms with Crippen LogP contribution in [-0.2, 0) is 11.3 Å². The number of carbonyl (C=O) groups is 1. The van der Waals surface area contributed by atoms with Crippen molar-refractivity contribution in [3.05, 3.63) is 66.0 Å². The van der Waals surface area contributed by atoms with Crippen LogP contribution in [0.5, 0.6) is 5.75 Å². The molecule has 0 aliphatic carbocycles. The summed E-state index contributed by atoms with van der Waals surface area (Å²) in [6, 6.07) is 13.7. The lowest BCUT2D eigenvalue weighted by atomic mass is 9.94. The molecule has 0 aliphatic heterocycles. The number of amides is 1. The van der Waals surface area contributed by atoms with Crippen molar-refractivity contribution in [2.45, 2.75) is 26.3 Å². The second-order valence-electron chi connectivity index (χ2n) is 7.96. The van der Waals surface area contributed by atoms with Gasteiger partial charge in [-0.05, 0) is 49.6 Å². The fraction of sp³-hybridized carbons (Fsp3) is 0.269. The zero-order valence-corrected chi connectivity index (χ0v) is 18.9. The maximum atomic E-state index is 13.2. The molecule has 2 aromatic heterocycles. The highest BCUT2D eigenvalue weighted by molar-refractivity contribution is 6.30. The van der Waals surface area contributed by atoms with E-state index in [0.717, 1.165) is 63.6 Å². The van der Waals surface area contributed by atoms with Crippen molar-refractivity contribution in [3.63, 3.8) is 0 Å². The maximum absolute atomic E-state index is 13.2. The van der Waals surface area contributed by atoms with E-state index in [2.05, 4.69) is 21.1 Å². The number of rotatable bonds is 9. The van der Waals surface area contributed by atoms with Crippen LogP contribution in [0.4, 0.5) is 0 Å². The molecule has 0 radical (unpaired) electrons. The summed E-state index contributed by atoms with van der Waals surface area (Å²) in [5, 5.41) is 23.1. The first kappa shape index (κ1) is 22.6. The van der Waals surface area contributed by atoms with E-state index < -0.39 is 6.73 Å². The molecule has 0 fully saturated rings. The minimum absolute atomic E-state index is 0.158. The molecule has 33 heavy (non-hydrogen) atoms. The summed E-state index contributed by atoms with van der Waals surface area (Å²) in [7, 11) is 1.63. The van der Waals surface area contributed by atoms with E-state index in [1.807, 2.05) is 55.6 Å². The predicted octanol–water partition coefficient (Wildman–Crippen LogP) is 3.90. The van der Waals surface area contributed by atoms with Crippen molar-refractivity contribution >= 4 is 38.9 Å². The summed E-state index contributed by atoms with van der Waals surface area (Å²) in [4.78, 5) is 16.4. The molecular formula is C26H29N3O4. The molecule has 2 heterocycles. The van der Waals surface area contributed by atoms with Gasteiger partial charge in [0, 0.05) is 58.5 Å². The number of hydrogen-bond acceptors (Lipinski definition) is 4. The highest BCUT2D eigenvalue weighted by Crippen LogP contribution is 2.36. The average molecular weight is 448 g/mol. The van der Waals surface area contributed by atoms with Gasteiger partial charge in [0.2, 0.25) is 0 Å². The Morgan fingerprint density at radius 2 is 1.91 bits per heavy atom. The monoisotopic (exact) mass is 447 g/mol. The third-order valence-corrected chi connectivity index (χ3v) is 6.00. The minimum atomic E-state index is -0.450. The number of nitrogens with zero attached hydrogens (tertiary/aromatic N) is 1. The number of H-pyrrole nitrogens is 1. The van der Waals surface area contributed by atoms with Gasteiger partial charge in [0.1, 0.15) is 12.5 Å². The van der Waals surface area contributed by atoms with Gasteiger partial charge in [-0.25, -0.2) is 0 Å². The van der Waals surface area contributed by atoms with E-state index >= 15 is 0 Å². The Morgan fingerprint density at radius 3 is 2.67 bits per heavy atom. The number of aryl methyl sites for hydroxylation is 1. The number of hydrogen-bond donors (Lipinski definition) is 4. The molecule has 0 spiro atoms. The number of nitrogens with one attached hydrogen (secondary N) is 2. The van der Waals surface area contributed by atoms with Crippen molar-refractivity contribution < 1.29 is 19.7 Å². The van der Waals surface area contributed by atoms with Crippen LogP contribution in [0, 0.1) is 0 Å². The lowest BCUT2D eigenvalue weighted by Gasteiger charge is -2.12. The summed E-state index contributed by atoms with van der Waals surface area (Å²) < 4.78 is 7.62. The number of unbranched alkanes of at least 4 members (excludes halogenated alkanes) is 1. The van der Waals surface area contributed by atoms with Crippen LogP contribution >= 0.6 is 0 Å². The number of aliphatic hydroxyl groups is 2. The van der Waals surface area contributed by atoms with Gasteiger partial charge in [-0.15, -0.1) is 0 Å². The standard InChI is InChI=1S/C26H29N3O4/c1-17(25(26(32)28-16-31)21-14-27-23-8-4-3-7-19(21)23)22-15-29(11-5-6-12-30)24-10-9-18(33-2)13-20(22)24/h3-4,7-10,13-15,27,30-31H,5-6,11-12,16H2,1-2H3,(H,28,32)/b25-17+. The fourth-order valence-electron chi connectivity index (χ4n) is 4.35. The first-order chi connectivity index (χ1) is 16.1. The van der Waals surface area contributed by atoms with Crippen LogP contribution < -0.4 is 10.1 Å². The van der Waals surface area contributed by atoms with Crippen molar-refractivity contribution in [1.82, 2.24) is 14.9 Å². The Kier molecular flexibility index (Phi) is 6.82. The maximum Gasteiger partial charge on any atom is 0.254 e. The molecule has 4 aromatic rings. The second kappa shape index (κ2) is 9.94. The number of aromatic nitrogens is 2. The Bertz CT molecular complexity index is 1320. The molecule has 0 saturated carbocycles. The number of ether oxygens (including phenoxy) is 1. The van der Waals surface area contributed by atoms with Gasteiger partial charge >= 0.3 is 0 Å². The normalized spacial score (nSPS) is 12.2. The van der Waals surface area contributed by atoms with Crippen LogP contribution in [-0.4, -0.2) is 46.1 Å². The van der Waals surface area contributed by atoms with Crippen molar-refractivity contribution in [2.75, 3.05) is 20.4 Å². The van der Waals surface area contributed by atoms with Gasteiger partial charge in [-0.3, -0.25) is 4.79 Å². The molecule has 7 heteroatoms. The van der Waals surface area contributed by atoms with E-state index in [4.69, 9.17) is 4.74 Å². The third kappa shape index (κ3) is 4.37. The van der Waals surface area contributed by atoms with Crippen molar-refractivity contribution in [1.29, 1.82) is 0 Å². The molecule has 0 bridgehead atoms. The van der Waals surface area contributed by atoms with Gasteiger partial charge in [0.25, 0.3) is 5.91 Å². The number of methoxy groups -OCH3 is 1. The van der Waals surface area contributed by atoms with Crippen molar-refractivity contribution in [3.8, 4) is 5.75 Å². The minimum Gasteiger partial charge on any atom is -0.497 e. The summed E-state index contributed by atoms with van der Waals surface area (Å²) in [6.45, 7) is 2.39. The molecule has 7 nitrogen and oxygen atoms in total. The van der Waals surface area contributed by atoms with Gasteiger partial charge in [0.05, 0.1) is 12.7 Å². The molecular weight excluding hydrogens is 418 g/mol. The zero-order chi connectivity index (χ0) is 23.4. The summed E-state index contributed by atoms with van der Waals surface area (Å²) in [5.74, 6) is 0.391. The summed E-state index contributed by atoms with van der Waals surface area (Å²) in [6.07, 6.45) is 5.45. The number of fused-ring (bicyclic) bond motifs is 2. The third-order valence-electron chi connectivity index (χ3n) is 6.00. The molecule has 0 atom stereocenters. The first-order valence-electron chi connectivity index (χ1n) is 11.0. The largest absolute Gasteiger partial charge is 0.497 e. The van der Waals surface area contributed by atoms with Crippen LogP contribution in [0.2, 0.25) is 0 Å². The SMILES string of the molecule is COc1ccc2c(c1)c(/C(C)=C(/C(=O)NCO)c1c[nH]c3ccccc13)cn2CCCCO. The van der Waals surface area contributed by atoms with E-state index in [1.54, 1.807) is 7.11 Å². The lowest BCUT2D eigenvalue weighted by molar-refractivity contribution is -0.116. The Labute approximate surface area is 192 Å². The number of para-hydroxylation sites is 1. The van der Waals surface area contributed by atoms with E-state index in [0.29, 0.717) is 5.57 Å². The van der Waals surface area contributed by atoms with Crippen LogP contribution in [0.25, 0.3) is 33.0 Å². The molecule has 1 amide bonds. The van der Waals surface area contributed by atoms with Gasteiger partial charge in [0.15, 0.2) is 0 Å². The number of allylic oxidation sites excluding steroid dienone is 1. The number of aliphatic hydroxyl groups excluding tert-OH is 2. The van der Waals surface area contributed by atoms with Crippen molar-refractivity contribution in [2.24, 2.45) is 0 Å². The number of benzene rings is 2. The van der Waals surface area contributed by atoms with E-state index in [9.17, 15) is 15.0 Å². The molecule has 0 saturated heterocycles. The molecule has 0 aliphatic rings. The molecule has 4 rings (SSSR count). The average Bonchev–Trinajstić information content (AvgIpc) is 3.41. The van der Waals surface area contributed by atoms with Crippen LogP contribution in [0.3, 0.4) is 0 Å². The van der Waals surface area contributed by atoms with Gasteiger partial charge in [-0.2, -0.15) is 0 Å². The van der Waals surface area contributed by atoms with E-state index in [1.165, 1.54) is 0 Å².